The largest absolute Gasteiger partial charge is 0.324 e. The van der Waals surface area contributed by atoms with Crippen LogP contribution in [-0.4, -0.2) is 40.0 Å². The molecule has 0 aliphatic carbocycles. The first-order chi connectivity index (χ1) is 17.8. The van der Waals surface area contributed by atoms with E-state index in [1.807, 2.05) is 56.3 Å². The molecule has 0 unspecified atom stereocenters. The highest BCUT2D eigenvalue weighted by atomic mass is 32.2. The first-order valence-electron chi connectivity index (χ1n) is 12.9. The average Bonchev–Trinajstić information content (AvgIpc) is 3.30. The number of nitrogens with one attached hydrogen (secondary N) is 1. The molecule has 1 fully saturated rings. The minimum absolute atomic E-state index is 0.148. The van der Waals surface area contributed by atoms with E-state index < -0.39 is 0 Å². The van der Waals surface area contributed by atoms with E-state index in [1.165, 1.54) is 35.9 Å². The molecule has 4 rings (SSSR count). The monoisotopic (exact) mass is 535 g/mol. The van der Waals surface area contributed by atoms with Gasteiger partial charge in [0.2, 0.25) is 5.91 Å². The number of rotatable bonds is 10. The average molecular weight is 536 g/mol. The highest BCUT2D eigenvalue weighted by molar-refractivity contribution is 8.26. The number of amides is 3. The molecule has 2 aromatic rings. The number of unbranched alkanes of at least 4 members (excludes halogenated alkanes) is 5. The number of carbonyl (C=O) groups excluding carboxylic acids is 3. The minimum Gasteiger partial charge on any atom is -0.324 e. The molecule has 3 amide bonds. The van der Waals surface area contributed by atoms with Crippen LogP contribution < -0.4 is 10.2 Å². The van der Waals surface area contributed by atoms with Crippen LogP contribution in [0.4, 0.5) is 11.4 Å². The van der Waals surface area contributed by atoms with Gasteiger partial charge in [-0.3, -0.25) is 24.2 Å². The van der Waals surface area contributed by atoms with E-state index >= 15 is 0 Å². The molecule has 0 atom stereocenters. The van der Waals surface area contributed by atoms with Gasteiger partial charge in [-0.05, 0) is 38.0 Å². The second kappa shape index (κ2) is 12.0. The fourth-order valence-electron chi connectivity index (χ4n) is 4.74. The zero-order valence-corrected chi connectivity index (χ0v) is 23.3. The van der Waals surface area contributed by atoms with Crippen LogP contribution >= 0.6 is 24.0 Å². The van der Waals surface area contributed by atoms with E-state index in [9.17, 15) is 14.4 Å². The van der Waals surface area contributed by atoms with Gasteiger partial charge in [-0.15, -0.1) is 0 Å². The predicted molar refractivity (Wildman–Crippen MR) is 156 cm³/mol. The number of carbonyl (C=O) groups is 3. The van der Waals surface area contributed by atoms with E-state index in [-0.39, 0.29) is 24.3 Å². The van der Waals surface area contributed by atoms with Crippen LogP contribution in [0.5, 0.6) is 0 Å². The number of thioether (sulfide) groups is 1. The van der Waals surface area contributed by atoms with Gasteiger partial charge in [0, 0.05) is 17.8 Å². The molecule has 0 saturated carbocycles. The van der Waals surface area contributed by atoms with Crippen LogP contribution in [0.25, 0.3) is 5.57 Å². The zero-order chi connectivity index (χ0) is 26.5. The summed E-state index contributed by atoms with van der Waals surface area (Å²) in [6, 6.07) is 13.1. The van der Waals surface area contributed by atoms with E-state index in [0.29, 0.717) is 38.3 Å². The van der Waals surface area contributed by atoms with Crippen LogP contribution in [0.2, 0.25) is 0 Å². The number of hydrogen-bond donors (Lipinski definition) is 1. The molecule has 194 valence electrons. The third-order valence-electron chi connectivity index (χ3n) is 6.69. The van der Waals surface area contributed by atoms with Crippen molar-refractivity contribution in [3.63, 3.8) is 0 Å². The SMILES string of the molecule is CCCCCCCCN1C(=O)C(=C2C(=O)N(CC(=O)Nc3ccc(C)cc3C)c3ccccc32)SC1=S. The molecular weight excluding hydrogens is 502 g/mol. The van der Waals surface area contributed by atoms with Crippen LogP contribution in [0.15, 0.2) is 47.4 Å². The quantitative estimate of drug-likeness (QED) is 0.222. The van der Waals surface area contributed by atoms with Crippen molar-refractivity contribution in [1.29, 1.82) is 0 Å². The fourth-order valence-corrected chi connectivity index (χ4v) is 6.12. The van der Waals surface area contributed by atoms with Crippen molar-refractivity contribution in [2.45, 2.75) is 59.3 Å². The molecule has 0 aromatic heterocycles. The second-order valence-corrected chi connectivity index (χ2v) is 11.2. The number of para-hydroxylation sites is 1. The van der Waals surface area contributed by atoms with E-state index in [4.69, 9.17) is 12.2 Å². The zero-order valence-electron chi connectivity index (χ0n) is 21.6. The van der Waals surface area contributed by atoms with E-state index in [2.05, 4.69) is 12.2 Å². The molecule has 2 aromatic carbocycles. The Morgan fingerprint density at radius 3 is 2.43 bits per heavy atom. The van der Waals surface area contributed by atoms with Gasteiger partial charge in [0.15, 0.2) is 0 Å². The lowest BCUT2D eigenvalue weighted by molar-refractivity contribution is -0.122. The Labute approximate surface area is 228 Å². The summed E-state index contributed by atoms with van der Waals surface area (Å²) in [4.78, 5) is 43.4. The molecule has 0 radical (unpaired) electrons. The van der Waals surface area contributed by atoms with Crippen molar-refractivity contribution in [1.82, 2.24) is 4.90 Å². The molecule has 1 saturated heterocycles. The molecule has 6 nitrogen and oxygen atoms in total. The van der Waals surface area contributed by atoms with Gasteiger partial charge in [-0.2, -0.15) is 0 Å². The first-order valence-corrected chi connectivity index (χ1v) is 14.1. The van der Waals surface area contributed by atoms with Crippen LogP contribution in [0.1, 0.15) is 62.1 Å². The third kappa shape index (κ3) is 5.96. The topological polar surface area (TPSA) is 69.7 Å². The molecule has 0 bridgehead atoms. The van der Waals surface area contributed by atoms with Gasteiger partial charge in [-0.25, -0.2) is 0 Å². The summed E-state index contributed by atoms with van der Waals surface area (Å²) >= 11 is 6.71. The molecular formula is C29H33N3O3S2. The first kappa shape index (κ1) is 27.1. The second-order valence-electron chi connectivity index (χ2n) is 9.57. The summed E-state index contributed by atoms with van der Waals surface area (Å²) < 4.78 is 0.484. The van der Waals surface area contributed by atoms with Crippen molar-refractivity contribution in [3.05, 3.63) is 64.1 Å². The molecule has 0 spiro atoms. The number of aryl methyl sites for hydroxylation is 2. The molecule has 2 aliphatic rings. The Morgan fingerprint density at radius 2 is 1.68 bits per heavy atom. The molecule has 8 heteroatoms. The van der Waals surface area contributed by atoms with Gasteiger partial charge >= 0.3 is 0 Å². The van der Waals surface area contributed by atoms with Crippen LogP contribution in [0.3, 0.4) is 0 Å². The Kier molecular flexibility index (Phi) is 8.82. The maximum Gasteiger partial charge on any atom is 0.267 e. The number of nitrogens with zero attached hydrogens (tertiary/aromatic N) is 2. The Morgan fingerprint density at radius 1 is 0.946 bits per heavy atom. The van der Waals surface area contributed by atoms with Gasteiger partial charge in [0.25, 0.3) is 11.8 Å². The molecule has 2 aliphatic heterocycles. The van der Waals surface area contributed by atoms with Crippen molar-refractivity contribution in [3.8, 4) is 0 Å². The Hall–Kier alpha value is -2.97. The summed E-state index contributed by atoms with van der Waals surface area (Å²) in [6.07, 6.45) is 6.71. The Bertz CT molecular complexity index is 1270. The normalized spacial score (nSPS) is 17.1. The van der Waals surface area contributed by atoms with Crippen molar-refractivity contribution in [2.24, 2.45) is 0 Å². The third-order valence-corrected chi connectivity index (χ3v) is 8.14. The summed E-state index contributed by atoms with van der Waals surface area (Å²) in [7, 11) is 0. The standard InChI is InChI=1S/C29H33N3O3S2/c1-4-5-6-7-8-11-16-31-28(35)26(37-29(31)36)25-21-12-9-10-13-23(21)32(27(25)34)18-24(33)30-22-15-14-19(2)17-20(22)3/h9-10,12-15,17H,4-8,11,16,18H2,1-3H3,(H,30,33). The van der Waals surface area contributed by atoms with Gasteiger partial charge in [-0.1, -0.05) is 98.9 Å². The summed E-state index contributed by atoms with van der Waals surface area (Å²) in [5.74, 6) is -0.868. The van der Waals surface area contributed by atoms with Crippen molar-refractivity contribution in [2.75, 3.05) is 23.3 Å². The van der Waals surface area contributed by atoms with E-state index in [1.54, 1.807) is 4.90 Å². The highest BCUT2D eigenvalue weighted by Crippen LogP contribution is 2.44. The van der Waals surface area contributed by atoms with Gasteiger partial charge < -0.3 is 5.32 Å². The van der Waals surface area contributed by atoms with E-state index in [0.717, 1.165) is 30.4 Å². The molecule has 2 heterocycles. The van der Waals surface area contributed by atoms with Crippen molar-refractivity contribution < 1.29 is 14.4 Å². The molecule has 1 N–H and O–H groups in total. The number of fused-ring (bicyclic) bond motifs is 1. The lowest BCUT2D eigenvalue weighted by Gasteiger charge is -2.17. The van der Waals surface area contributed by atoms with Crippen molar-refractivity contribution >= 4 is 63.0 Å². The summed E-state index contributed by atoms with van der Waals surface area (Å²) in [6.45, 7) is 6.53. The van der Waals surface area contributed by atoms with Crippen LogP contribution in [0, 0.1) is 13.8 Å². The summed E-state index contributed by atoms with van der Waals surface area (Å²) in [5, 5.41) is 2.91. The fraction of sp³-hybridized carbons (Fsp3) is 0.379. The maximum absolute atomic E-state index is 13.6. The highest BCUT2D eigenvalue weighted by Gasteiger charge is 2.42. The number of anilines is 2. The van der Waals surface area contributed by atoms with Gasteiger partial charge in [0.1, 0.15) is 10.9 Å². The van der Waals surface area contributed by atoms with Gasteiger partial charge in [0.05, 0.1) is 16.2 Å². The summed E-state index contributed by atoms with van der Waals surface area (Å²) in [5.41, 5.74) is 4.39. The minimum atomic E-state index is -0.350. The lowest BCUT2D eigenvalue weighted by Crippen LogP contribution is -2.35. The Balaban J connectivity index is 1.51. The number of hydrogen-bond acceptors (Lipinski definition) is 5. The predicted octanol–water partition coefficient (Wildman–Crippen LogP) is 6.22. The number of thiocarbonyl (C=S) groups is 1. The molecule has 37 heavy (non-hydrogen) atoms. The maximum atomic E-state index is 13.6. The number of benzene rings is 2. The smallest absolute Gasteiger partial charge is 0.267 e. The lowest BCUT2D eigenvalue weighted by atomic mass is 10.1. The van der Waals surface area contributed by atoms with Crippen LogP contribution in [-0.2, 0) is 14.4 Å².